The van der Waals surface area contributed by atoms with E-state index < -0.39 is 0 Å². The predicted octanol–water partition coefficient (Wildman–Crippen LogP) is 4.49. The molecule has 0 aromatic heterocycles. The van der Waals surface area contributed by atoms with Crippen LogP contribution >= 0.6 is 24.0 Å². The number of anilines is 1. The Bertz CT molecular complexity index is 978. The van der Waals surface area contributed by atoms with Crippen LogP contribution in [0.25, 0.3) is 0 Å². The van der Waals surface area contributed by atoms with Crippen LogP contribution in [0.5, 0.6) is 5.75 Å². The third kappa shape index (κ3) is 5.40. The summed E-state index contributed by atoms with van der Waals surface area (Å²) in [6, 6.07) is 9.06. The van der Waals surface area contributed by atoms with Gasteiger partial charge < -0.3 is 15.3 Å². The summed E-state index contributed by atoms with van der Waals surface area (Å²) in [5.41, 5.74) is 5.19. The molecule has 7 heteroatoms. The van der Waals surface area contributed by atoms with Crippen molar-refractivity contribution in [2.24, 2.45) is 0 Å². The van der Waals surface area contributed by atoms with E-state index in [1.165, 1.54) is 0 Å². The highest BCUT2D eigenvalue weighted by molar-refractivity contribution is 6.31. The number of nitrogens with one attached hydrogen (secondary N) is 1. The lowest BCUT2D eigenvalue weighted by atomic mass is 9.94. The van der Waals surface area contributed by atoms with Crippen molar-refractivity contribution in [3.63, 3.8) is 0 Å². The molecule has 2 aliphatic rings. The van der Waals surface area contributed by atoms with Gasteiger partial charge in [0.1, 0.15) is 5.75 Å². The summed E-state index contributed by atoms with van der Waals surface area (Å²) in [5.74, 6) is 0.584. The van der Waals surface area contributed by atoms with Gasteiger partial charge in [0.15, 0.2) is 5.78 Å². The van der Waals surface area contributed by atoms with Crippen LogP contribution in [0, 0.1) is 0 Å². The Morgan fingerprint density at radius 2 is 1.84 bits per heavy atom. The second kappa shape index (κ2) is 10.5. The van der Waals surface area contributed by atoms with Crippen molar-refractivity contribution >= 4 is 41.4 Å². The maximum atomic E-state index is 12.7. The summed E-state index contributed by atoms with van der Waals surface area (Å²) >= 11 is 6.12. The molecule has 166 valence electrons. The van der Waals surface area contributed by atoms with Crippen LogP contribution in [0.15, 0.2) is 30.3 Å². The minimum absolute atomic E-state index is 0. The largest absolute Gasteiger partial charge is 0.508 e. The summed E-state index contributed by atoms with van der Waals surface area (Å²) in [5, 5.41) is 13.4. The number of ketones is 1. The predicted molar refractivity (Wildman–Crippen MR) is 126 cm³/mol. The van der Waals surface area contributed by atoms with E-state index >= 15 is 0 Å². The minimum atomic E-state index is 0. The van der Waals surface area contributed by atoms with Crippen molar-refractivity contribution in [2.75, 3.05) is 24.5 Å². The fourth-order valence-electron chi connectivity index (χ4n) is 4.39. The first kappa shape index (κ1) is 23.6. The molecule has 0 radical (unpaired) electrons. The van der Waals surface area contributed by atoms with Gasteiger partial charge in [-0.25, -0.2) is 0 Å². The lowest BCUT2D eigenvalue weighted by molar-refractivity contribution is -0.118. The highest BCUT2D eigenvalue weighted by Gasteiger charge is 2.31. The first-order valence-corrected chi connectivity index (χ1v) is 11.1. The van der Waals surface area contributed by atoms with Crippen LogP contribution in [-0.4, -0.2) is 36.4 Å². The molecule has 1 amide bonds. The molecule has 0 atom stereocenters. The van der Waals surface area contributed by atoms with Crippen molar-refractivity contribution in [3.8, 4) is 5.75 Å². The van der Waals surface area contributed by atoms with Gasteiger partial charge in [0.05, 0.1) is 5.69 Å². The molecule has 0 aliphatic carbocycles. The highest BCUT2D eigenvalue weighted by Crippen LogP contribution is 2.37. The number of rotatable bonds is 9. The molecule has 0 saturated carbocycles. The Hall–Kier alpha value is -2.08. The van der Waals surface area contributed by atoms with E-state index in [0.717, 1.165) is 79.7 Å². The first-order chi connectivity index (χ1) is 14.5. The summed E-state index contributed by atoms with van der Waals surface area (Å²) in [4.78, 5) is 26.6. The third-order valence-corrected chi connectivity index (χ3v) is 6.34. The molecular formula is C24H28Cl2N2O3. The zero-order chi connectivity index (χ0) is 21.1. The first-order valence-electron chi connectivity index (χ1n) is 10.7. The Labute approximate surface area is 194 Å². The fourth-order valence-corrected chi connectivity index (χ4v) is 4.66. The van der Waals surface area contributed by atoms with Gasteiger partial charge in [-0.15, -0.1) is 12.4 Å². The molecule has 2 aromatic rings. The minimum Gasteiger partial charge on any atom is -0.508 e. The number of amides is 1. The van der Waals surface area contributed by atoms with E-state index in [1.807, 2.05) is 23.1 Å². The number of benzene rings is 2. The number of Topliss-reactive ketones (excluding diaryl/α,β-unsaturated/α-hetero) is 1. The summed E-state index contributed by atoms with van der Waals surface area (Å²) in [7, 11) is 0. The number of phenols is 1. The summed E-state index contributed by atoms with van der Waals surface area (Å²) < 4.78 is 0. The summed E-state index contributed by atoms with van der Waals surface area (Å²) in [6.45, 7) is 2.41. The van der Waals surface area contributed by atoms with Gasteiger partial charge in [-0.1, -0.05) is 17.7 Å². The quantitative estimate of drug-likeness (QED) is 0.425. The molecule has 4 rings (SSSR count). The number of aryl methyl sites for hydroxylation is 1. The molecular weight excluding hydrogens is 435 g/mol. The number of carbonyl (C=O) groups excluding carboxylic acids is 2. The van der Waals surface area contributed by atoms with E-state index in [9.17, 15) is 14.7 Å². The zero-order valence-electron chi connectivity index (χ0n) is 17.5. The van der Waals surface area contributed by atoms with Gasteiger partial charge in [0, 0.05) is 30.0 Å². The second-order valence-electron chi connectivity index (χ2n) is 8.09. The van der Waals surface area contributed by atoms with Gasteiger partial charge in [-0.2, -0.15) is 0 Å². The van der Waals surface area contributed by atoms with Gasteiger partial charge in [-0.05, 0) is 86.1 Å². The van der Waals surface area contributed by atoms with E-state index in [-0.39, 0.29) is 29.8 Å². The van der Waals surface area contributed by atoms with E-state index in [1.54, 1.807) is 12.1 Å². The number of halogens is 2. The van der Waals surface area contributed by atoms with E-state index in [0.29, 0.717) is 17.9 Å². The van der Waals surface area contributed by atoms with Crippen LogP contribution in [0.4, 0.5) is 5.69 Å². The van der Waals surface area contributed by atoms with E-state index in [4.69, 9.17) is 11.6 Å². The van der Waals surface area contributed by atoms with Gasteiger partial charge in [0.25, 0.3) is 0 Å². The topological polar surface area (TPSA) is 69.6 Å². The Morgan fingerprint density at radius 3 is 2.61 bits per heavy atom. The lowest BCUT2D eigenvalue weighted by Gasteiger charge is -2.25. The Kier molecular flexibility index (Phi) is 7.98. The highest BCUT2D eigenvalue weighted by atomic mass is 35.5. The average Bonchev–Trinajstić information content (AvgIpc) is 3.16. The van der Waals surface area contributed by atoms with Crippen molar-refractivity contribution in [3.05, 3.63) is 57.6 Å². The van der Waals surface area contributed by atoms with Crippen LogP contribution in [0.1, 0.15) is 52.7 Å². The molecule has 2 aromatic carbocycles. The van der Waals surface area contributed by atoms with Crippen LogP contribution in [-0.2, 0) is 24.1 Å². The fraction of sp³-hybridized carbons (Fsp3) is 0.417. The SMILES string of the molecule is Cl.O=C(CCCCNCCc1ccc(O)cc1Cl)c1cc2c3c(c1)CCN3C(=O)CC2. The normalized spacial score (nSPS) is 14.4. The van der Waals surface area contributed by atoms with Gasteiger partial charge in [0.2, 0.25) is 5.91 Å². The number of aromatic hydroxyl groups is 1. The molecule has 5 nitrogen and oxygen atoms in total. The lowest BCUT2D eigenvalue weighted by Crippen LogP contribution is -2.32. The van der Waals surface area contributed by atoms with Gasteiger partial charge in [-0.3, -0.25) is 9.59 Å². The summed E-state index contributed by atoms with van der Waals surface area (Å²) in [6.07, 6.45) is 5.28. The van der Waals surface area contributed by atoms with Crippen LogP contribution < -0.4 is 10.2 Å². The zero-order valence-corrected chi connectivity index (χ0v) is 19.0. The standard InChI is InChI=1S/C24H27ClN2O3.ClH/c25-21-15-20(28)6-4-16(21)8-11-26-10-2-1-3-22(29)19-13-17-5-7-23(30)27-12-9-18(14-19)24(17)27;/h4,6,13-15,26,28H,1-3,5,7-12H2;1H. The third-order valence-electron chi connectivity index (χ3n) is 5.99. The molecule has 2 heterocycles. The smallest absolute Gasteiger partial charge is 0.227 e. The number of unbranched alkanes of at least 4 members (excludes halogenated alkanes) is 1. The molecule has 2 aliphatic heterocycles. The molecule has 0 spiro atoms. The molecule has 2 N–H and O–H groups in total. The number of hydrogen-bond acceptors (Lipinski definition) is 4. The number of carbonyl (C=O) groups is 2. The number of hydrogen-bond donors (Lipinski definition) is 2. The second-order valence-corrected chi connectivity index (χ2v) is 8.50. The van der Waals surface area contributed by atoms with Gasteiger partial charge >= 0.3 is 0 Å². The molecule has 31 heavy (non-hydrogen) atoms. The van der Waals surface area contributed by atoms with Crippen molar-refractivity contribution in [2.45, 2.75) is 44.9 Å². The average molecular weight is 463 g/mol. The van der Waals surface area contributed by atoms with Crippen LogP contribution in [0.2, 0.25) is 5.02 Å². The monoisotopic (exact) mass is 462 g/mol. The van der Waals surface area contributed by atoms with Crippen molar-refractivity contribution in [1.82, 2.24) is 5.32 Å². The van der Waals surface area contributed by atoms with Crippen LogP contribution in [0.3, 0.4) is 0 Å². The van der Waals surface area contributed by atoms with Crippen molar-refractivity contribution < 1.29 is 14.7 Å². The van der Waals surface area contributed by atoms with Crippen molar-refractivity contribution in [1.29, 1.82) is 0 Å². The maximum Gasteiger partial charge on any atom is 0.227 e. The Morgan fingerprint density at radius 1 is 1.06 bits per heavy atom. The molecule has 0 saturated heterocycles. The van der Waals surface area contributed by atoms with E-state index in [2.05, 4.69) is 5.32 Å². The maximum absolute atomic E-state index is 12.7. The molecule has 0 fully saturated rings. The molecule has 0 unspecified atom stereocenters. The molecule has 0 bridgehead atoms. The Balaban J connectivity index is 0.00000272. The number of nitrogens with zero attached hydrogens (tertiary/aromatic N) is 1. The number of phenolic OH excluding ortho intramolecular Hbond substituents is 1.